The molecule has 0 amide bonds. The summed E-state index contributed by atoms with van der Waals surface area (Å²) in [6.45, 7) is 6.00. The van der Waals surface area contributed by atoms with Gasteiger partial charge in [-0.25, -0.2) is 0 Å². The molecule has 0 saturated carbocycles. The Morgan fingerprint density at radius 3 is 0.800 bits per heavy atom. The van der Waals surface area contributed by atoms with E-state index >= 15 is 0 Å². The second-order valence-corrected chi connectivity index (χ2v) is 0. The van der Waals surface area contributed by atoms with E-state index in [4.69, 9.17) is 0 Å². The summed E-state index contributed by atoms with van der Waals surface area (Å²) < 4.78 is 0. The van der Waals surface area contributed by atoms with Crippen LogP contribution in [0.15, 0.2) is 13.2 Å². The van der Waals surface area contributed by atoms with Crippen molar-refractivity contribution in [2.75, 3.05) is 0 Å². The molecule has 0 N–H and O–H groups in total. The minimum absolute atomic E-state index is 0. The van der Waals surface area contributed by atoms with E-state index in [0.717, 1.165) is 0 Å². The van der Waals surface area contributed by atoms with Gasteiger partial charge < -0.3 is 0 Å². The molecule has 0 saturated heterocycles. The predicted molar refractivity (Wildman–Crippen MR) is 13.5 cm³/mol. The standard InChI is InChI=1S/C2H4.3Na/c1-2;;;/h1-2H2;;;/q;3*+1/p+2. The van der Waals surface area contributed by atoms with Crippen molar-refractivity contribution in [1.82, 2.24) is 0 Å². The predicted octanol–water partition coefficient (Wildman–Crippen LogP) is -7.96. The molecule has 0 bridgehead atoms. The van der Waals surface area contributed by atoms with Crippen LogP contribution in [-0.2, 0) is 0 Å². The van der Waals surface area contributed by atoms with Crippen LogP contribution in [0.25, 0.3) is 0 Å². The van der Waals surface area contributed by atoms with E-state index in [2.05, 4.69) is 13.2 Å². The largest absolute Gasteiger partial charge is 1.00 e. The molecule has 0 aromatic heterocycles. The Morgan fingerprint density at radius 1 is 0.800 bits per heavy atom. The van der Waals surface area contributed by atoms with Gasteiger partial charge in [0.1, 0.15) is 0 Å². The Bertz CT molecular complexity index is 10.9. The Balaban J connectivity index is -0.000000000500. The van der Waals surface area contributed by atoms with Crippen molar-refractivity contribution in [1.29, 1.82) is 0 Å². The van der Waals surface area contributed by atoms with Gasteiger partial charge in [-0.2, -0.15) is 0 Å². The maximum absolute atomic E-state index is 3.00. The molecule has 0 unspecified atom stereocenters. The van der Waals surface area contributed by atoms with Gasteiger partial charge in [0.25, 0.3) is 0 Å². The fourth-order valence-electron chi connectivity index (χ4n) is 0. The normalized spacial score (nSPS) is 0.800. The van der Waals surface area contributed by atoms with Crippen molar-refractivity contribution < 1.29 is 91.5 Å². The second-order valence-electron chi connectivity index (χ2n) is 0. The van der Waals surface area contributed by atoms with Gasteiger partial charge in [-0.1, -0.05) is 0 Å². The fraction of sp³-hybridized carbons (Fsp3) is 0. The van der Waals surface area contributed by atoms with Gasteiger partial charge in [-0.15, -0.1) is 13.2 Å². The zero-order valence-corrected chi connectivity index (χ0v) is 10.4. The van der Waals surface area contributed by atoms with Gasteiger partial charge in [0.15, 0.2) is 0 Å². The molecular formula is C2H6Na3+5. The zero-order valence-electron chi connectivity index (χ0n) is 6.41. The summed E-state index contributed by atoms with van der Waals surface area (Å²) in [4.78, 5) is 0. The number of hydrogen-bond donors (Lipinski definition) is 0. The van der Waals surface area contributed by atoms with Crippen LogP contribution >= 0.6 is 0 Å². The van der Waals surface area contributed by atoms with Crippen molar-refractivity contribution >= 4 is 0 Å². The van der Waals surface area contributed by atoms with Crippen LogP contribution in [0.1, 0.15) is 2.85 Å². The second kappa shape index (κ2) is 29.6. The molecule has 0 aliphatic carbocycles. The van der Waals surface area contributed by atoms with Crippen LogP contribution in [0.4, 0.5) is 0 Å². The third-order valence-corrected chi connectivity index (χ3v) is 0. The van der Waals surface area contributed by atoms with Crippen LogP contribution in [-0.4, -0.2) is 0 Å². The average Bonchev–Trinajstić information content (AvgIpc) is 1.00. The first kappa shape index (κ1) is 25.1. The minimum atomic E-state index is 0. The molecule has 0 atom stereocenters. The van der Waals surface area contributed by atoms with E-state index in [1.807, 2.05) is 0 Å². The van der Waals surface area contributed by atoms with E-state index in [1.165, 1.54) is 0 Å². The van der Waals surface area contributed by atoms with Gasteiger partial charge in [0, 0.05) is 0 Å². The van der Waals surface area contributed by atoms with Gasteiger partial charge in [-0.3, -0.25) is 0 Å². The Hall–Kier alpha value is 2.74. The van der Waals surface area contributed by atoms with Crippen LogP contribution in [0.5, 0.6) is 0 Å². The first-order valence-corrected chi connectivity index (χ1v) is 0.500. The fourth-order valence-corrected chi connectivity index (χ4v) is 0. The topological polar surface area (TPSA) is 0 Å². The average molecular weight is 99.0 g/mol. The molecule has 0 spiro atoms. The van der Waals surface area contributed by atoms with Crippen molar-refractivity contribution in [2.24, 2.45) is 0 Å². The third kappa shape index (κ3) is 20.2. The molecule has 0 rings (SSSR count). The molecule has 3 heteroatoms. The van der Waals surface area contributed by atoms with E-state index in [1.54, 1.807) is 0 Å². The quantitative estimate of drug-likeness (QED) is 0.209. The van der Waals surface area contributed by atoms with E-state index < -0.39 is 0 Å². The molecule has 12 valence electrons. The summed E-state index contributed by atoms with van der Waals surface area (Å²) in [6, 6.07) is 0. The molecule has 0 heterocycles. The van der Waals surface area contributed by atoms with E-state index in [0.29, 0.717) is 0 Å². The first-order valence-electron chi connectivity index (χ1n) is 0.500. The Labute approximate surface area is 103 Å². The zero-order chi connectivity index (χ0) is 2.00. The van der Waals surface area contributed by atoms with Gasteiger partial charge in [0.2, 0.25) is 0 Å². The number of rotatable bonds is 0. The van der Waals surface area contributed by atoms with Crippen molar-refractivity contribution in [3.63, 3.8) is 0 Å². The molecule has 0 aliphatic rings. The Morgan fingerprint density at radius 2 is 0.800 bits per heavy atom. The van der Waals surface area contributed by atoms with Crippen LogP contribution in [0.2, 0.25) is 0 Å². The summed E-state index contributed by atoms with van der Waals surface area (Å²) in [5.41, 5.74) is 0. The molecule has 5 heavy (non-hydrogen) atoms. The van der Waals surface area contributed by atoms with Crippen molar-refractivity contribution in [3.8, 4) is 0 Å². The molecular weight excluding hydrogens is 93.0 g/mol. The van der Waals surface area contributed by atoms with Gasteiger partial charge in [-0.05, 0) is 0 Å². The van der Waals surface area contributed by atoms with Crippen LogP contribution < -0.4 is 88.7 Å². The van der Waals surface area contributed by atoms with Crippen LogP contribution in [0.3, 0.4) is 0 Å². The molecule has 0 fully saturated rings. The summed E-state index contributed by atoms with van der Waals surface area (Å²) in [5.74, 6) is 0. The maximum Gasteiger partial charge on any atom is 1.00 e. The summed E-state index contributed by atoms with van der Waals surface area (Å²) in [5, 5.41) is 0. The first-order chi connectivity index (χ1) is 1.00. The van der Waals surface area contributed by atoms with Crippen molar-refractivity contribution in [2.45, 2.75) is 0 Å². The Kier molecular flexibility index (Phi) is 149. The summed E-state index contributed by atoms with van der Waals surface area (Å²) in [7, 11) is 0. The molecule has 0 nitrogen and oxygen atoms in total. The van der Waals surface area contributed by atoms with Crippen molar-refractivity contribution in [3.05, 3.63) is 13.2 Å². The molecule has 0 radical (unpaired) electrons. The maximum atomic E-state index is 3.00. The summed E-state index contributed by atoms with van der Waals surface area (Å²) in [6.07, 6.45) is 0. The third-order valence-electron chi connectivity index (χ3n) is 0. The smallest absolute Gasteiger partial charge is 0.106 e. The molecule has 0 aliphatic heterocycles. The molecule has 0 aromatic rings. The van der Waals surface area contributed by atoms with E-state index in [-0.39, 0.29) is 91.5 Å². The number of hydrogen-bond acceptors (Lipinski definition) is 0. The van der Waals surface area contributed by atoms with Crippen LogP contribution in [0, 0.1) is 0 Å². The van der Waals surface area contributed by atoms with Gasteiger partial charge in [0.05, 0.1) is 0 Å². The monoisotopic (exact) mass is 99.0 g/mol. The summed E-state index contributed by atoms with van der Waals surface area (Å²) >= 11 is 0. The van der Waals surface area contributed by atoms with E-state index in [9.17, 15) is 0 Å². The molecule has 0 aromatic carbocycles. The van der Waals surface area contributed by atoms with Gasteiger partial charge >= 0.3 is 91.5 Å². The SMILES string of the molecule is C=C.[H+].[H+].[Na+].[Na+].[Na+]. The minimum Gasteiger partial charge on any atom is -0.106 e.